The summed E-state index contributed by atoms with van der Waals surface area (Å²) in [4.78, 5) is 23.8. The molecule has 0 bridgehead atoms. The Bertz CT molecular complexity index is 708. The monoisotopic (exact) mass is 368 g/mol. The van der Waals surface area contributed by atoms with E-state index in [0.717, 1.165) is 10.9 Å². The Balaban J connectivity index is 2.23. The Morgan fingerprint density at radius 3 is 2.76 bits per heavy atom. The highest BCUT2D eigenvalue weighted by molar-refractivity contribution is 9.10. The van der Waals surface area contributed by atoms with Crippen LogP contribution in [0.1, 0.15) is 23.7 Å². The van der Waals surface area contributed by atoms with Gasteiger partial charge in [0, 0.05) is 33.9 Å². The van der Waals surface area contributed by atoms with Gasteiger partial charge >= 0.3 is 0 Å². The molecular formula is C15H14BrClN2O2. The Morgan fingerprint density at radius 1 is 1.33 bits per heavy atom. The average Bonchev–Trinajstić information content (AvgIpc) is 2.41. The fraction of sp³-hybridized carbons (Fsp3) is 0.200. The van der Waals surface area contributed by atoms with Gasteiger partial charge in [0.15, 0.2) is 0 Å². The van der Waals surface area contributed by atoms with Crippen molar-refractivity contribution in [2.75, 3.05) is 5.32 Å². The van der Waals surface area contributed by atoms with Gasteiger partial charge in [-0.3, -0.25) is 9.59 Å². The molecule has 0 saturated carbocycles. The lowest BCUT2D eigenvalue weighted by Crippen LogP contribution is -2.20. The highest BCUT2D eigenvalue weighted by Crippen LogP contribution is 2.20. The number of pyridine rings is 1. The second-order valence-electron chi connectivity index (χ2n) is 4.56. The van der Waals surface area contributed by atoms with Gasteiger partial charge in [-0.2, -0.15) is 0 Å². The third-order valence-corrected chi connectivity index (χ3v) is 3.51. The fourth-order valence-corrected chi connectivity index (χ4v) is 2.77. The number of hydrogen-bond acceptors (Lipinski definition) is 2. The predicted octanol–water partition coefficient (Wildman–Crippen LogP) is 3.93. The fourth-order valence-electron chi connectivity index (χ4n) is 1.91. The van der Waals surface area contributed by atoms with Gasteiger partial charge in [-0.15, -0.1) is 0 Å². The summed E-state index contributed by atoms with van der Waals surface area (Å²) in [6.45, 7) is 2.60. The number of amides is 1. The van der Waals surface area contributed by atoms with E-state index in [2.05, 4.69) is 21.2 Å². The Morgan fingerprint density at radius 2 is 2.10 bits per heavy atom. The zero-order valence-electron chi connectivity index (χ0n) is 11.4. The third kappa shape index (κ3) is 4.19. The highest BCUT2D eigenvalue weighted by atomic mass is 79.9. The van der Waals surface area contributed by atoms with Crippen LogP contribution >= 0.6 is 27.5 Å². The molecule has 6 heteroatoms. The van der Waals surface area contributed by atoms with E-state index in [1.165, 1.54) is 6.07 Å². The van der Waals surface area contributed by atoms with Crippen LogP contribution in [-0.2, 0) is 6.54 Å². The maximum absolute atomic E-state index is 12.2. The molecule has 4 nitrogen and oxygen atoms in total. The van der Waals surface area contributed by atoms with Gasteiger partial charge in [0.25, 0.3) is 11.5 Å². The van der Waals surface area contributed by atoms with E-state index in [1.54, 1.807) is 35.0 Å². The molecule has 0 radical (unpaired) electrons. The van der Waals surface area contributed by atoms with E-state index in [9.17, 15) is 9.59 Å². The molecule has 2 rings (SSSR count). The van der Waals surface area contributed by atoms with Gasteiger partial charge in [-0.05, 0) is 30.7 Å². The summed E-state index contributed by atoms with van der Waals surface area (Å²) in [5, 5.41) is 3.24. The van der Waals surface area contributed by atoms with E-state index in [4.69, 9.17) is 11.6 Å². The second kappa shape index (κ2) is 6.91. The summed E-state index contributed by atoms with van der Waals surface area (Å²) < 4.78 is 2.31. The van der Waals surface area contributed by atoms with Crippen LogP contribution in [0.4, 0.5) is 5.69 Å². The SMILES string of the molecule is CCCn1cc(NC(=O)c2cc(Cl)cc(Br)c2)ccc1=O. The Kier molecular flexibility index (Phi) is 5.20. The van der Waals surface area contributed by atoms with E-state index in [-0.39, 0.29) is 11.5 Å². The van der Waals surface area contributed by atoms with Gasteiger partial charge in [0.1, 0.15) is 0 Å². The van der Waals surface area contributed by atoms with E-state index in [0.29, 0.717) is 22.8 Å². The normalized spacial score (nSPS) is 10.4. The molecule has 1 aromatic heterocycles. The largest absolute Gasteiger partial charge is 0.321 e. The van der Waals surface area contributed by atoms with Gasteiger partial charge in [-0.1, -0.05) is 34.5 Å². The molecule has 21 heavy (non-hydrogen) atoms. The molecule has 110 valence electrons. The van der Waals surface area contributed by atoms with Gasteiger partial charge in [0.05, 0.1) is 5.69 Å². The first kappa shape index (κ1) is 15.8. The van der Waals surface area contributed by atoms with Gasteiger partial charge in [0.2, 0.25) is 0 Å². The minimum atomic E-state index is -0.278. The van der Waals surface area contributed by atoms with E-state index >= 15 is 0 Å². The number of anilines is 1. The molecule has 0 atom stereocenters. The summed E-state index contributed by atoms with van der Waals surface area (Å²) in [7, 11) is 0. The summed E-state index contributed by atoms with van der Waals surface area (Å²) in [6.07, 6.45) is 2.49. The van der Waals surface area contributed by atoms with Gasteiger partial charge < -0.3 is 9.88 Å². The molecule has 0 saturated heterocycles. The van der Waals surface area contributed by atoms with Crippen molar-refractivity contribution >= 4 is 39.1 Å². The number of halogens is 2. The Labute approximate surface area is 135 Å². The van der Waals surface area contributed by atoms with Crippen molar-refractivity contribution in [1.82, 2.24) is 4.57 Å². The lowest BCUT2D eigenvalue weighted by atomic mass is 10.2. The summed E-state index contributed by atoms with van der Waals surface area (Å²) >= 11 is 9.23. The average molecular weight is 370 g/mol. The molecule has 1 amide bonds. The lowest BCUT2D eigenvalue weighted by Gasteiger charge is -2.09. The molecular weight excluding hydrogens is 356 g/mol. The first-order chi connectivity index (χ1) is 9.99. The first-order valence-corrected chi connectivity index (χ1v) is 7.64. The zero-order chi connectivity index (χ0) is 15.4. The molecule has 1 heterocycles. The molecule has 0 aliphatic rings. The van der Waals surface area contributed by atoms with Crippen molar-refractivity contribution in [3.8, 4) is 0 Å². The number of rotatable bonds is 4. The van der Waals surface area contributed by atoms with Crippen LogP contribution in [0.25, 0.3) is 0 Å². The van der Waals surface area contributed by atoms with Crippen molar-refractivity contribution in [2.24, 2.45) is 0 Å². The van der Waals surface area contributed by atoms with Crippen LogP contribution < -0.4 is 10.9 Å². The van der Waals surface area contributed by atoms with E-state index in [1.807, 2.05) is 6.92 Å². The number of carbonyl (C=O) groups is 1. The van der Waals surface area contributed by atoms with Crippen molar-refractivity contribution < 1.29 is 4.79 Å². The lowest BCUT2D eigenvalue weighted by molar-refractivity contribution is 0.102. The maximum atomic E-state index is 12.2. The third-order valence-electron chi connectivity index (χ3n) is 2.83. The molecule has 1 N–H and O–H groups in total. The van der Waals surface area contributed by atoms with E-state index < -0.39 is 0 Å². The smallest absolute Gasteiger partial charge is 0.255 e. The van der Waals surface area contributed by atoms with Crippen LogP contribution in [0.15, 0.2) is 45.8 Å². The van der Waals surface area contributed by atoms with Crippen LogP contribution in [0.2, 0.25) is 5.02 Å². The first-order valence-electron chi connectivity index (χ1n) is 6.47. The summed E-state index contributed by atoms with van der Waals surface area (Å²) in [6, 6.07) is 8.01. The van der Waals surface area contributed by atoms with Crippen molar-refractivity contribution in [3.05, 3.63) is 61.9 Å². The van der Waals surface area contributed by atoms with Crippen molar-refractivity contribution in [2.45, 2.75) is 19.9 Å². The second-order valence-corrected chi connectivity index (χ2v) is 5.91. The van der Waals surface area contributed by atoms with Crippen LogP contribution in [-0.4, -0.2) is 10.5 Å². The van der Waals surface area contributed by atoms with Crippen LogP contribution in [0.3, 0.4) is 0 Å². The molecule has 1 aromatic carbocycles. The number of hydrogen-bond donors (Lipinski definition) is 1. The number of nitrogens with one attached hydrogen (secondary N) is 1. The number of benzene rings is 1. The standard InChI is InChI=1S/C15H14BrClN2O2/c1-2-5-19-9-13(3-4-14(19)20)18-15(21)10-6-11(16)8-12(17)7-10/h3-4,6-9H,2,5H2,1H3,(H,18,21). The highest BCUT2D eigenvalue weighted by Gasteiger charge is 2.09. The molecule has 2 aromatic rings. The van der Waals surface area contributed by atoms with Crippen molar-refractivity contribution in [3.63, 3.8) is 0 Å². The Hall–Kier alpha value is -1.59. The minimum absolute atomic E-state index is 0.0830. The minimum Gasteiger partial charge on any atom is -0.321 e. The molecule has 0 unspecified atom stereocenters. The van der Waals surface area contributed by atoms with Crippen LogP contribution in [0.5, 0.6) is 0 Å². The topological polar surface area (TPSA) is 51.1 Å². The predicted molar refractivity (Wildman–Crippen MR) is 88.1 cm³/mol. The number of aromatic nitrogens is 1. The quantitative estimate of drug-likeness (QED) is 0.888. The molecule has 0 aliphatic carbocycles. The number of carbonyl (C=O) groups excluding carboxylic acids is 1. The van der Waals surface area contributed by atoms with Crippen LogP contribution in [0, 0.1) is 0 Å². The summed E-state index contributed by atoms with van der Waals surface area (Å²) in [5.41, 5.74) is 0.937. The molecule has 0 fully saturated rings. The maximum Gasteiger partial charge on any atom is 0.255 e. The number of nitrogens with zero attached hydrogens (tertiary/aromatic N) is 1. The van der Waals surface area contributed by atoms with Gasteiger partial charge in [-0.25, -0.2) is 0 Å². The molecule has 0 aliphatic heterocycles. The molecule has 0 spiro atoms. The zero-order valence-corrected chi connectivity index (χ0v) is 13.7. The van der Waals surface area contributed by atoms with Crippen molar-refractivity contribution in [1.29, 1.82) is 0 Å². The number of aryl methyl sites for hydroxylation is 1. The summed E-state index contributed by atoms with van der Waals surface area (Å²) in [5.74, 6) is -0.278.